The molecule has 1 aliphatic heterocycles. The van der Waals surface area contributed by atoms with E-state index in [2.05, 4.69) is 36.1 Å². The molecule has 96 valence electrons. The van der Waals surface area contributed by atoms with E-state index in [1.807, 2.05) is 18.0 Å². The quantitative estimate of drug-likeness (QED) is 0.868. The second kappa shape index (κ2) is 5.44. The minimum atomic E-state index is 0.158. The molecule has 1 saturated heterocycles. The van der Waals surface area contributed by atoms with Crippen molar-refractivity contribution >= 4 is 11.8 Å². The molecule has 17 heavy (non-hydrogen) atoms. The normalized spacial score (nSPS) is 21.7. The van der Waals surface area contributed by atoms with Crippen LogP contribution in [0.3, 0.4) is 0 Å². The topological polar surface area (TPSA) is 40.7 Å². The summed E-state index contributed by atoms with van der Waals surface area (Å²) in [5, 5.41) is 4.07. The van der Waals surface area contributed by atoms with Crippen LogP contribution < -0.4 is 5.32 Å². The van der Waals surface area contributed by atoms with Crippen molar-refractivity contribution in [2.24, 2.45) is 0 Å². The molecule has 3 nitrogen and oxygen atoms in total. The van der Waals surface area contributed by atoms with E-state index in [0.29, 0.717) is 5.25 Å². The molecule has 0 aliphatic carbocycles. The molecular weight excluding hydrogens is 230 g/mol. The fourth-order valence-corrected chi connectivity index (χ4v) is 3.21. The average molecular weight is 253 g/mol. The van der Waals surface area contributed by atoms with Gasteiger partial charge in [-0.05, 0) is 39.4 Å². The Kier molecular flexibility index (Phi) is 4.15. The van der Waals surface area contributed by atoms with E-state index in [-0.39, 0.29) is 5.54 Å². The maximum atomic E-state index is 4.52. The summed E-state index contributed by atoms with van der Waals surface area (Å²) in [5.74, 6) is 2.45. The van der Waals surface area contributed by atoms with Crippen LogP contribution in [0.2, 0.25) is 0 Å². The molecule has 1 aromatic rings. The van der Waals surface area contributed by atoms with Crippen LogP contribution in [-0.2, 0) is 6.54 Å². The number of H-pyrrole nitrogens is 1. The Hall–Kier alpha value is -0.480. The van der Waals surface area contributed by atoms with Gasteiger partial charge in [-0.2, -0.15) is 11.8 Å². The van der Waals surface area contributed by atoms with Crippen LogP contribution in [0.15, 0.2) is 6.20 Å². The molecule has 0 aromatic carbocycles. The van der Waals surface area contributed by atoms with Crippen LogP contribution >= 0.6 is 11.8 Å². The Morgan fingerprint density at radius 1 is 1.47 bits per heavy atom. The van der Waals surface area contributed by atoms with Gasteiger partial charge in [-0.15, -0.1) is 0 Å². The van der Waals surface area contributed by atoms with Crippen LogP contribution in [0, 0.1) is 0 Å². The number of rotatable bonds is 3. The summed E-state index contributed by atoms with van der Waals surface area (Å²) >= 11 is 2.04. The number of nitrogens with one attached hydrogen (secondary N) is 2. The van der Waals surface area contributed by atoms with E-state index >= 15 is 0 Å². The molecule has 1 fully saturated rings. The highest BCUT2D eigenvalue weighted by Crippen LogP contribution is 2.36. The van der Waals surface area contributed by atoms with Gasteiger partial charge in [0.1, 0.15) is 5.82 Å². The van der Waals surface area contributed by atoms with Crippen LogP contribution in [-0.4, -0.2) is 21.3 Å². The summed E-state index contributed by atoms with van der Waals surface area (Å²) in [6, 6.07) is 0. The molecular formula is C13H23N3S. The van der Waals surface area contributed by atoms with Crippen molar-refractivity contribution in [3.8, 4) is 0 Å². The first kappa shape index (κ1) is 13.0. The molecule has 0 amide bonds. The molecule has 1 aliphatic rings. The standard InChI is InChI=1S/C13H23N3S/c1-13(2,3)15-9-10-8-14-12(16-10)11-6-4-5-7-17-11/h8,11,15H,4-7,9H2,1-3H3,(H,14,16). The van der Waals surface area contributed by atoms with Gasteiger partial charge < -0.3 is 10.3 Å². The molecule has 0 spiro atoms. The van der Waals surface area contributed by atoms with Crippen LogP contribution in [0.1, 0.15) is 56.8 Å². The molecule has 1 aromatic heterocycles. The van der Waals surface area contributed by atoms with E-state index in [4.69, 9.17) is 0 Å². The van der Waals surface area contributed by atoms with Crippen molar-refractivity contribution in [3.63, 3.8) is 0 Å². The lowest BCUT2D eigenvalue weighted by Crippen LogP contribution is -2.35. The van der Waals surface area contributed by atoms with Gasteiger partial charge in [0.05, 0.1) is 5.25 Å². The maximum Gasteiger partial charge on any atom is 0.119 e. The van der Waals surface area contributed by atoms with Crippen molar-refractivity contribution in [2.75, 3.05) is 5.75 Å². The molecule has 4 heteroatoms. The van der Waals surface area contributed by atoms with Crippen molar-refractivity contribution in [1.82, 2.24) is 15.3 Å². The minimum absolute atomic E-state index is 0.158. The van der Waals surface area contributed by atoms with Crippen LogP contribution in [0.5, 0.6) is 0 Å². The van der Waals surface area contributed by atoms with Gasteiger partial charge in [0.2, 0.25) is 0 Å². The smallest absolute Gasteiger partial charge is 0.119 e. The second-order valence-electron chi connectivity index (χ2n) is 5.75. The fraction of sp³-hybridized carbons (Fsp3) is 0.769. The Morgan fingerprint density at radius 3 is 2.94 bits per heavy atom. The Morgan fingerprint density at radius 2 is 2.29 bits per heavy atom. The molecule has 1 unspecified atom stereocenters. The summed E-state index contributed by atoms with van der Waals surface area (Å²) in [7, 11) is 0. The third-order valence-electron chi connectivity index (χ3n) is 2.94. The fourth-order valence-electron chi connectivity index (χ4n) is 1.95. The first-order valence-corrected chi connectivity index (χ1v) is 7.50. The third kappa shape index (κ3) is 4.03. The number of nitrogens with zero attached hydrogens (tertiary/aromatic N) is 1. The number of aromatic amines is 1. The van der Waals surface area contributed by atoms with Crippen molar-refractivity contribution in [3.05, 3.63) is 17.7 Å². The lowest BCUT2D eigenvalue weighted by molar-refractivity contribution is 0.421. The highest BCUT2D eigenvalue weighted by atomic mass is 32.2. The van der Waals surface area contributed by atoms with Crippen LogP contribution in [0.25, 0.3) is 0 Å². The average Bonchev–Trinajstić information content (AvgIpc) is 2.75. The summed E-state index contributed by atoms with van der Waals surface area (Å²) in [6.07, 6.45) is 5.95. The van der Waals surface area contributed by atoms with Gasteiger partial charge in [0, 0.05) is 24.0 Å². The van der Waals surface area contributed by atoms with E-state index in [9.17, 15) is 0 Å². The first-order valence-electron chi connectivity index (χ1n) is 6.45. The highest BCUT2D eigenvalue weighted by molar-refractivity contribution is 7.99. The molecule has 0 radical (unpaired) electrons. The summed E-state index contributed by atoms with van der Waals surface area (Å²) in [4.78, 5) is 7.99. The Balaban J connectivity index is 1.91. The van der Waals surface area contributed by atoms with Crippen molar-refractivity contribution in [1.29, 1.82) is 0 Å². The SMILES string of the molecule is CC(C)(C)NCc1cnc(C2CCCCS2)[nH]1. The number of hydrogen-bond donors (Lipinski definition) is 2. The largest absolute Gasteiger partial charge is 0.344 e. The number of aromatic nitrogens is 2. The zero-order valence-corrected chi connectivity index (χ0v) is 11.9. The minimum Gasteiger partial charge on any atom is -0.344 e. The molecule has 0 bridgehead atoms. The summed E-state index contributed by atoms with van der Waals surface area (Å²) < 4.78 is 0. The van der Waals surface area contributed by atoms with E-state index < -0.39 is 0 Å². The number of thioether (sulfide) groups is 1. The van der Waals surface area contributed by atoms with Gasteiger partial charge >= 0.3 is 0 Å². The van der Waals surface area contributed by atoms with Gasteiger partial charge in [0.25, 0.3) is 0 Å². The summed E-state index contributed by atoms with van der Waals surface area (Å²) in [5.41, 5.74) is 1.35. The molecule has 2 N–H and O–H groups in total. The predicted molar refractivity (Wildman–Crippen MR) is 74.2 cm³/mol. The summed E-state index contributed by atoms with van der Waals surface area (Å²) in [6.45, 7) is 7.41. The van der Waals surface area contributed by atoms with Crippen molar-refractivity contribution < 1.29 is 0 Å². The van der Waals surface area contributed by atoms with Gasteiger partial charge in [0.15, 0.2) is 0 Å². The maximum absolute atomic E-state index is 4.52. The van der Waals surface area contributed by atoms with Crippen LogP contribution in [0.4, 0.5) is 0 Å². The molecule has 2 heterocycles. The van der Waals surface area contributed by atoms with Crippen molar-refractivity contribution in [2.45, 2.75) is 57.4 Å². The molecule has 0 saturated carbocycles. The highest BCUT2D eigenvalue weighted by Gasteiger charge is 2.19. The molecule has 1 atom stereocenters. The van der Waals surface area contributed by atoms with Gasteiger partial charge in [-0.3, -0.25) is 0 Å². The van der Waals surface area contributed by atoms with Gasteiger partial charge in [-0.25, -0.2) is 4.98 Å². The second-order valence-corrected chi connectivity index (χ2v) is 7.06. The molecule has 2 rings (SSSR count). The zero-order valence-electron chi connectivity index (χ0n) is 11.0. The predicted octanol–water partition coefficient (Wildman–Crippen LogP) is 3.26. The van der Waals surface area contributed by atoms with E-state index in [1.54, 1.807) is 0 Å². The third-order valence-corrected chi connectivity index (χ3v) is 4.33. The lowest BCUT2D eigenvalue weighted by Gasteiger charge is -2.20. The Labute approximate surface area is 108 Å². The van der Waals surface area contributed by atoms with E-state index in [0.717, 1.165) is 6.54 Å². The zero-order chi connectivity index (χ0) is 12.3. The van der Waals surface area contributed by atoms with E-state index in [1.165, 1.54) is 36.5 Å². The Bertz CT molecular complexity index is 348. The number of imidazole rings is 1. The lowest BCUT2D eigenvalue weighted by atomic mass is 10.1. The monoisotopic (exact) mass is 253 g/mol. The number of hydrogen-bond acceptors (Lipinski definition) is 3. The first-order chi connectivity index (χ1) is 8.04. The van der Waals surface area contributed by atoms with Gasteiger partial charge in [-0.1, -0.05) is 6.42 Å².